The Morgan fingerprint density at radius 2 is 2.28 bits per heavy atom. The van der Waals surface area contributed by atoms with Crippen LogP contribution in [0.3, 0.4) is 0 Å². The first-order chi connectivity index (χ1) is 8.67. The zero-order valence-electron chi connectivity index (χ0n) is 9.77. The lowest BCUT2D eigenvalue weighted by Gasteiger charge is -2.04. The first-order valence-electron chi connectivity index (χ1n) is 5.04. The molecule has 3 nitrogen and oxygen atoms in total. The minimum Gasteiger partial charge on any atom is -0.465 e. The molecule has 1 aromatic heterocycles. The molecule has 2 aromatic rings. The highest BCUT2D eigenvalue weighted by atomic mass is 32.2. The van der Waals surface area contributed by atoms with Crippen LogP contribution < -0.4 is 0 Å². The SMILES string of the molecule is COC(=O)c1cnc(-c2c(F)cccc2SC)s1. The van der Waals surface area contributed by atoms with E-state index in [4.69, 9.17) is 0 Å². The first-order valence-corrected chi connectivity index (χ1v) is 7.08. The van der Waals surface area contributed by atoms with Gasteiger partial charge < -0.3 is 4.74 Å². The molecule has 0 radical (unpaired) electrons. The van der Waals surface area contributed by atoms with Crippen molar-refractivity contribution >= 4 is 29.1 Å². The second-order valence-electron chi connectivity index (χ2n) is 3.34. The zero-order valence-corrected chi connectivity index (χ0v) is 11.4. The fraction of sp³-hybridized carbons (Fsp3) is 0.167. The van der Waals surface area contributed by atoms with Crippen molar-refractivity contribution in [1.82, 2.24) is 4.98 Å². The average molecular weight is 283 g/mol. The monoisotopic (exact) mass is 283 g/mol. The summed E-state index contributed by atoms with van der Waals surface area (Å²) in [6.07, 6.45) is 3.27. The van der Waals surface area contributed by atoms with Crippen LogP contribution in [-0.2, 0) is 4.74 Å². The number of aromatic nitrogens is 1. The van der Waals surface area contributed by atoms with E-state index in [1.807, 2.05) is 12.3 Å². The molecule has 6 heteroatoms. The van der Waals surface area contributed by atoms with Gasteiger partial charge in [0, 0.05) is 4.90 Å². The molecule has 0 aliphatic carbocycles. The standard InChI is InChI=1S/C12H10FNO2S2/c1-16-12(15)9-6-14-11(18-9)10-7(13)4-3-5-8(10)17-2/h3-6H,1-2H3. The molecule has 0 fully saturated rings. The highest BCUT2D eigenvalue weighted by Crippen LogP contribution is 2.35. The number of methoxy groups -OCH3 is 1. The third kappa shape index (κ3) is 2.39. The van der Waals surface area contributed by atoms with E-state index < -0.39 is 5.97 Å². The van der Waals surface area contributed by atoms with Gasteiger partial charge in [0.1, 0.15) is 15.7 Å². The first kappa shape index (κ1) is 13.0. The lowest BCUT2D eigenvalue weighted by molar-refractivity contribution is 0.0606. The van der Waals surface area contributed by atoms with Crippen LogP contribution in [0, 0.1) is 5.82 Å². The Bertz CT molecular complexity index is 583. The van der Waals surface area contributed by atoms with Gasteiger partial charge in [0.15, 0.2) is 0 Å². The minimum atomic E-state index is -0.458. The van der Waals surface area contributed by atoms with Gasteiger partial charge in [0.25, 0.3) is 0 Å². The number of carbonyl (C=O) groups is 1. The fourth-order valence-corrected chi connectivity index (χ4v) is 3.04. The van der Waals surface area contributed by atoms with Gasteiger partial charge in [0.2, 0.25) is 0 Å². The van der Waals surface area contributed by atoms with E-state index in [0.717, 1.165) is 16.2 Å². The zero-order chi connectivity index (χ0) is 13.1. The Balaban J connectivity index is 2.49. The number of rotatable bonds is 3. The summed E-state index contributed by atoms with van der Waals surface area (Å²) in [5, 5.41) is 0.484. The highest BCUT2D eigenvalue weighted by molar-refractivity contribution is 7.98. The maximum atomic E-state index is 13.9. The van der Waals surface area contributed by atoms with Gasteiger partial charge in [-0.2, -0.15) is 0 Å². The van der Waals surface area contributed by atoms with Crippen molar-refractivity contribution < 1.29 is 13.9 Å². The molecule has 0 saturated carbocycles. The van der Waals surface area contributed by atoms with Gasteiger partial charge in [-0.25, -0.2) is 14.2 Å². The largest absolute Gasteiger partial charge is 0.465 e. The van der Waals surface area contributed by atoms with Crippen LogP contribution in [-0.4, -0.2) is 24.3 Å². The predicted molar refractivity (Wildman–Crippen MR) is 70.6 cm³/mol. The number of hydrogen-bond acceptors (Lipinski definition) is 5. The van der Waals surface area contributed by atoms with Crippen molar-refractivity contribution in [1.29, 1.82) is 0 Å². The molecule has 0 aliphatic rings. The number of ether oxygens (including phenoxy) is 1. The van der Waals surface area contributed by atoms with Crippen molar-refractivity contribution in [2.24, 2.45) is 0 Å². The van der Waals surface area contributed by atoms with Gasteiger partial charge in [0.05, 0.1) is 18.9 Å². The van der Waals surface area contributed by atoms with Crippen molar-refractivity contribution in [2.75, 3.05) is 13.4 Å². The molecule has 0 aliphatic heterocycles. The lowest BCUT2D eigenvalue weighted by atomic mass is 10.2. The van der Waals surface area contributed by atoms with Crippen LogP contribution in [0.15, 0.2) is 29.3 Å². The molecule has 1 heterocycles. The third-order valence-corrected chi connectivity index (χ3v) is 4.08. The predicted octanol–water partition coefficient (Wildman–Crippen LogP) is 3.46. The number of halogens is 1. The number of nitrogens with zero attached hydrogens (tertiary/aromatic N) is 1. The summed E-state index contributed by atoms with van der Waals surface area (Å²) in [6.45, 7) is 0. The summed E-state index contributed by atoms with van der Waals surface area (Å²) in [6, 6.07) is 4.86. The van der Waals surface area contributed by atoms with E-state index in [2.05, 4.69) is 9.72 Å². The smallest absolute Gasteiger partial charge is 0.349 e. The Labute approximate surface area is 112 Å². The van der Waals surface area contributed by atoms with E-state index in [1.54, 1.807) is 6.07 Å². The van der Waals surface area contributed by atoms with E-state index in [-0.39, 0.29) is 5.82 Å². The summed E-state index contributed by atoms with van der Waals surface area (Å²) in [5.41, 5.74) is 0.435. The summed E-state index contributed by atoms with van der Waals surface area (Å²) in [4.78, 5) is 16.6. The molecule has 0 saturated heterocycles. The van der Waals surface area contributed by atoms with Gasteiger partial charge in [-0.3, -0.25) is 0 Å². The van der Waals surface area contributed by atoms with E-state index in [1.165, 1.54) is 31.1 Å². The number of thiazole rings is 1. The van der Waals surface area contributed by atoms with Crippen LogP contribution >= 0.6 is 23.1 Å². The number of benzene rings is 1. The Morgan fingerprint density at radius 1 is 1.50 bits per heavy atom. The summed E-state index contributed by atoms with van der Waals surface area (Å²) < 4.78 is 18.5. The molecule has 94 valence electrons. The molecule has 18 heavy (non-hydrogen) atoms. The van der Waals surface area contributed by atoms with Crippen LogP contribution in [0.1, 0.15) is 9.67 Å². The summed E-state index contributed by atoms with van der Waals surface area (Å²) in [7, 11) is 1.30. The number of esters is 1. The number of carbonyl (C=O) groups excluding carboxylic acids is 1. The summed E-state index contributed by atoms with van der Waals surface area (Å²) in [5.74, 6) is -0.798. The maximum absolute atomic E-state index is 13.9. The molecule has 0 spiro atoms. The molecule has 0 atom stereocenters. The maximum Gasteiger partial charge on any atom is 0.349 e. The summed E-state index contributed by atoms with van der Waals surface area (Å²) >= 11 is 2.56. The molecule has 1 aromatic carbocycles. The van der Waals surface area contributed by atoms with Crippen LogP contribution in [0.4, 0.5) is 4.39 Å². The van der Waals surface area contributed by atoms with Crippen LogP contribution in [0.5, 0.6) is 0 Å². The fourth-order valence-electron chi connectivity index (χ4n) is 1.47. The molecule has 2 rings (SSSR count). The van der Waals surface area contributed by atoms with E-state index >= 15 is 0 Å². The molecular weight excluding hydrogens is 273 g/mol. The Kier molecular flexibility index (Phi) is 3.98. The molecular formula is C12H10FNO2S2. The number of hydrogen-bond donors (Lipinski definition) is 0. The molecule has 0 amide bonds. The topological polar surface area (TPSA) is 39.2 Å². The van der Waals surface area contributed by atoms with Gasteiger partial charge in [-0.15, -0.1) is 23.1 Å². The van der Waals surface area contributed by atoms with Gasteiger partial charge in [-0.05, 0) is 18.4 Å². The Hall–Kier alpha value is -1.40. The van der Waals surface area contributed by atoms with Crippen molar-refractivity contribution in [3.63, 3.8) is 0 Å². The van der Waals surface area contributed by atoms with E-state index in [9.17, 15) is 9.18 Å². The highest BCUT2D eigenvalue weighted by Gasteiger charge is 2.17. The van der Waals surface area contributed by atoms with Crippen LogP contribution in [0.25, 0.3) is 10.6 Å². The number of thioether (sulfide) groups is 1. The van der Waals surface area contributed by atoms with Gasteiger partial charge >= 0.3 is 5.97 Å². The second-order valence-corrected chi connectivity index (χ2v) is 5.22. The lowest BCUT2D eigenvalue weighted by Crippen LogP contribution is -1.96. The molecule has 0 N–H and O–H groups in total. The minimum absolute atomic E-state index is 0.340. The van der Waals surface area contributed by atoms with Crippen LogP contribution in [0.2, 0.25) is 0 Å². The Morgan fingerprint density at radius 3 is 2.94 bits per heavy atom. The average Bonchev–Trinajstić information content (AvgIpc) is 2.86. The third-order valence-electron chi connectivity index (χ3n) is 2.30. The quantitative estimate of drug-likeness (QED) is 0.639. The normalized spacial score (nSPS) is 10.4. The van der Waals surface area contributed by atoms with Crippen molar-refractivity contribution in [3.8, 4) is 10.6 Å². The molecule has 0 bridgehead atoms. The van der Waals surface area contributed by atoms with Gasteiger partial charge in [-0.1, -0.05) is 6.07 Å². The van der Waals surface area contributed by atoms with Crippen molar-refractivity contribution in [2.45, 2.75) is 4.90 Å². The molecule has 0 unspecified atom stereocenters. The van der Waals surface area contributed by atoms with Crippen molar-refractivity contribution in [3.05, 3.63) is 35.1 Å². The van der Waals surface area contributed by atoms with E-state index in [0.29, 0.717) is 15.4 Å². The second kappa shape index (κ2) is 5.49.